The fourth-order valence-corrected chi connectivity index (χ4v) is 3.42. The van der Waals surface area contributed by atoms with Crippen LogP contribution in [-0.2, 0) is 14.6 Å². The van der Waals surface area contributed by atoms with E-state index in [2.05, 4.69) is 10.6 Å². The van der Waals surface area contributed by atoms with E-state index in [-0.39, 0.29) is 29.5 Å². The summed E-state index contributed by atoms with van der Waals surface area (Å²) in [6, 6.07) is 0.460. The molecule has 1 fully saturated rings. The van der Waals surface area contributed by atoms with Gasteiger partial charge in [0.2, 0.25) is 5.91 Å². The molecule has 1 unspecified atom stereocenters. The normalized spacial score (nSPS) is 21.4. The Balaban J connectivity index is 2.13. The average Bonchev–Trinajstić information content (AvgIpc) is 2.31. The highest BCUT2D eigenvalue weighted by atomic mass is 32.2. The number of nitrogens with one attached hydrogen (secondary N) is 2. The molecule has 6 heteroatoms. The molecule has 0 aromatic rings. The summed E-state index contributed by atoms with van der Waals surface area (Å²) in [7, 11) is -2.80. The molecule has 1 rings (SSSR count). The Kier molecular flexibility index (Phi) is 6.08. The van der Waals surface area contributed by atoms with Gasteiger partial charge in [0.15, 0.2) is 0 Å². The molecule has 2 N–H and O–H groups in total. The van der Waals surface area contributed by atoms with Crippen molar-refractivity contribution in [2.75, 3.05) is 18.1 Å². The summed E-state index contributed by atoms with van der Waals surface area (Å²) < 4.78 is 22.5. The molecule has 0 aliphatic carbocycles. The van der Waals surface area contributed by atoms with Gasteiger partial charge in [0.1, 0.15) is 9.84 Å². The van der Waals surface area contributed by atoms with Crippen LogP contribution < -0.4 is 10.6 Å². The minimum atomic E-state index is -2.80. The van der Waals surface area contributed by atoms with E-state index >= 15 is 0 Å². The van der Waals surface area contributed by atoms with E-state index in [0.29, 0.717) is 25.8 Å². The van der Waals surface area contributed by atoms with Crippen LogP contribution in [0.5, 0.6) is 0 Å². The number of carbonyl (C=O) groups excluding carboxylic acids is 1. The van der Waals surface area contributed by atoms with Crippen LogP contribution in [0.3, 0.4) is 0 Å². The fourth-order valence-electron chi connectivity index (χ4n) is 1.93. The number of amides is 1. The highest BCUT2D eigenvalue weighted by molar-refractivity contribution is 7.91. The predicted molar refractivity (Wildman–Crippen MR) is 72.2 cm³/mol. The third kappa shape index (κ3) is 5.82. The first-order valence-electron chi connectivity index (χ1n) is 6.66. The number of rotatable bonds is 6. The van der Waals surface area contributed by atoms with E-state index in [4.69, 9.17) is 0 Å². The van der Waals surface area contributed by atoms with Crippen LogP contribution >= 0.6 is 0 Å². The van der Waals surface area contributed by atoms with E-state index in [1.54, 1.807) is 0 Å². The molecule has 1 aliphatic heterocycles. The van der Waals surface area contributed by atoms with Crippen molar-refractivity contribution in [1.82, 2.24) is 10.6 Å². The average molecular weight is 276 g/mol. The monoisotopic (exact) mass is 276 g/mol. The van der Waals surface area contributed by atoms with Gasteiger partial charge in [-0.15, -0.1) is 0 Å². The largest absolute Gasteiger partial charge is 0.354 e. The fraction of sp³-hybridized carbons (Fsp3) is 0.917. The predicted octanol–water partition coefficient (Wildman–Crippen LogP) is 0.458. The summed E-state index contributed by atoms with van der Waals surface area (Å²) >= 11 is 0. The van der Waals surface area contributed by atoms with Crippen molar-refractivity contribution >= 4 is 15.7 Å². The highest BCUT2D eigenvalue weighted by Crippen LogP contribution is 2.11. The van der Waals surface area contributed by atoms with Gasteiger partial charge in [-0.2, -0.15) is 0 Å². The van der Waals surface area contributed by atoms with Crippen LogP contribution in [0, 0.1) is 0 Å². The van der Waals surface area contributed by atoms with Crippen molar-refractivity contribution in [3.05, 3.63) is 0 Å². The van der Waals surface area contributed by atoms with Crippen molar-refractivity contribution in [2.24, 2.45) is 0 Å². The van der Waals surface area contributed by atoms with Crippen molar-refractivity contribution in [3.63, 3.8) is 0 Å². The van der Waals surface area contributed by atoms with Gasteiger partial charge in [0.05, 0.1) is 11.5 Å². The van der Waals surface area contributed by atoms with Gasteiger partial charge in [0, 0.05) is 25.0 Å². The minimum Gasteiger partial charge on any atom is -0.354 e. The molecule has 1 aliphatic rings. The number of carbonyl (C=O) groups is 1. The maximum Gasteiger partial charge on any atom is 0.221 e. The van der Waals surface area contributed by atoms with E-state index in [0.717, 1.165) is 6.42 Å². The molecule has 0 bridgehead atoms. The summed E-state index contributed by atoms with van der Waals surface area (Å²) in [4.78, 5) is 11.5. The molecule has 1 atom stereocenters. The summed E-state index contributed by atoms with van der Waals surface area (Å²) in [5.41, 5.74) is 0. The molecule has 5 nitrogen and oxygen atoms in total. The first-order chi connectivity index (χ1) is 8.43. The Bertz CT molecular complexity index is 354. The molecule has 0 spiro atoms. The quantitative estimate of drug-likeness (QED) is 0.739. The van der Waals surface area contributed by atoms with Gasteiger partial charge in [-0.3, -0.25) is 4.79 Å². The second kappa shape index (κ2) is 7.09. The summed E-state index contributed by atoms with van der Waals surface area (Å²) in [5, 5.41) is 6.16. The Morgan fingerprint density at radius 2 is 1.94 bits per heavy atom. The molecular formula is C12H24N2O3S. The molecule has 0 saturated carbocycles. The number of hydrogen-bond acceptors (Lipinski definition) is 4. The van der Waals surface area contributed by atoms with Gasteiger partial charge in [-0.1, -0.05) is 6.92 Å². The molecule has 0 aromatic heterocycles. The lowest BCUT2D eigenvalue weighted by atomic mass is 10.1. The zero-order valence-corrected chi connectivity index (χ0v) is 12.1. The van der Waals surface area contributed by atoms with Gasteiger partial charge in [-0.05, 0) is 26.2 Å². The number of hydrogen-bond donors (Lipinski definition) is 2. The van der Waals surface area contributed by atoms with Crippen LogP contribution in [-0.4, -0.2) is 44.5 Å². The number of sulfone groups is 1. The molecule has 0 aromatic carbocycles. The van der Waals surface area contributed by atoms with Gasteiger partial charge in [0.25, 0.3) is 0 Å². The van der Waals surface area contributed by atoms with E-state index in [1.807, 2.05) is 13.8 Å². The first kappa shape index (κ1) is 15.4. The molecule has 1 amide bonds. The van der Waals surface area contributed by atoms with Gasteiger partial charge in [-0.25, -0.2) is 8.42 Å². The Hall–Kier alpha value is -0.620. The van der Waals surface area contributed by atoms with Crippen LogP contribution in [0.25, 0.3) is 0 Å². The van der Waals surface area contributed by atoms with Crippen LogP contribution in [0.2, 0.25) is 0 Å². The van der Waals surface area contributed by atoms with Crippen molar-refractivity contribution in [3.8, 4) is 0 Å². The van der Waals surface area contributed by atoms with Crippen molar-refractivity contribution in [1.29, 1.82) is 0 Å². The lowest BCUT2D eigenvalue weighted by molar-refractivity contribution is -0.121. The zero-order valence-electron chi connectivity index (χ0n) is 11.2. The summed E-state index contributed by atoms with van der Waals surface area (Å²) in [5.74, 6) is 0.591. The summed E-state index contributed by atoms with van der Waals surface area (Å²) in [6.45, 7) is 4.63. The highest BCUT2D eigenvalue weighted by Gasteiger charge is 2.22. The summed E-state index contributed by atoms with van der Waals surface area (Å²) in [6.07, 6.45) is 2.71. The van der Waals surface area contributed by atoms with Crippen molar-refractivity contribution in [2.45, 2.75) is 51.6 Å². The SMILES string of the molecule is CCC(C)NC(=O)CCNC1CCS(=O)(=O)CC1. The smallest absolute Gasteiger partial charge is 0.221 e. The lowest BCUT2D eigenvalue weighted by Crippen LogP contribution is -2.40. The maximum absolute atomic E-state index is 11.5. The Labute approximate surface area is 110 Å². The first-order valence-corrected chi connectivity index (χ1v) is 8.48. The molecule has 18 heavy (non-hydrogen) atoms. The Morgan fingerprint density at radius 1 is 1.33 bits per heavy atom. The van der Waals surface area contributed by atoms with Crippen molar-refractivity contribution < 1.29 is 13.2 Å². The molecule has 0 radical (unpaired) electrons. The van der Waals surface area contributed by atoms with E-state index in [1.165, 1.54) is 0 Å². The van der Waals surface area contributed by atoms with E-state index < -0.39 is 9.84 Å². The Morgan fingerprint density at radius 3 is 2.50 bits per heavy atom. The lowest BCUT2D eigenvalue weighted by Gasteiger charge is -2.23. The third-order valence-electron chi connectivity index (χ3n) is 3.36. The molecule has 1 heterocycles. The van der Waals surface area contributed by atoms with Crippen LogP contribution in [0.1, 0.15) is 39.5 Å². The molecule has 106 valence electrons. The third-order valence-corrected chi connectivity index (χ3v) is 5.07. The van der Waals surface area contributed by atoms with E-state index in [9.17, 15) is 13.2 Å². The van der Waals surface area contributed by atoms with Crippen LogP contribution in [0.15, 0.2) is 0 Å². The second-order valence-corrected chi connectivity index (χ2v) is 7.31. The van der Waals surface area contributed by atoms with Crippen LogP contribution in [0.4, 0.5) is 0 Å². The standard InChI is InChI=1S/C12H24N2O3S/c1-3-10(2)14-12(15)4-7-13-11-5-8-18(16,17)9-6-11/h10-11,13H,3-9H2,1-2H3,(H,14,15). The topological polar surface area (TPSA) is 75.3 Å². The molecular weight excluding hydrogens is 252 g/mol. The van der Waals surface area contributed by atoms with Gasteiger partial charge >= 0.3 is 0 Å². The minimum absolute atomic E-state index is 0.0558. The second-order valence-electron chi connectivity index (χ2n) is 5.01. The molecule has 1 saturated heterocycles. The zero-order chi connectivity index (χ0) is 13.6. The van der Waals surface area contributed by atoms with Gasteiger partial charge < -0.3 is 10.6 Å². The maximum atomic E-state index is 11.5.